The SMILES string of the molecule is CC(=O)NC(Cn1cc(COCC(NC(=O)C(C)C)c2ccccc2)nn1)c1ccccc1. The number of carbonyl (C=O) groups excluding carboxylic acids is 2. The van der Waals surface area contributed by atoms with Gasteiger partial charge < -0.3 is 15.4 Å². The van der Waals surface area contributed by atoms with E-state index in [1.807, 2.05) is 80.7 Å². The quantitative estimate of drug-likeness (QED) is 0.469. The fourth-order valence-corrected chi connectivity index (χ4v) is 3.37. The Morgan fingerprint density at radius 1 is 0.939 bits per heavy atom. The lowest BCUT2D eigenvalue weighted by Gasteiger charge is -2.20. The highest BCUT2D eigenvalue weighted by atomic mass is 16.5. The molecule has 8 heteroatoms. The van der Waals surface area contributed by atoms with E-state index in [4.69, 9.17) is 4.74 Å². The van der Waals surface area contributed by atoms with Crippen molar-refractivity contribution in [3.05, 3.63) is 83.7 Å². The van der Waals surface area contributed by atoms with Crippen molar-refractivity contribution < 1.29 is 14.3 Å². The van der Waals surface area contributed by atoms with Crippen LogP contribution in [-0.2, 0) is 27.5 Å². The average molecular weight is 450 g/mol. The molecule has 0 fully saturated rings. The zero-order valence-electron chi connectivity index (χ0n) is 19.3. The van der Waals surface area contributed by atoms with Crippen LogP contribution in [0.2, 0.25) is 0 Å². The molecule has 1 aromatic heterocycles. The molecule has 3 rings (SSSR count). The molecule has 0 bridgehead atoms. The number of nitrogens with one attached hydrogen (secondary N) is 2. The molecule has 33 heavy (non-hydrogen) atoms. The first-order valence-corrected chi connectivity index (χ1v) is 11.1. The molecular weight excluding hydrogens is 418 g/mol. The predicted octanol–water partition coefficient (Wildman–Crippen LogP) is 3.19. The molecule has 2 unspecified atom stereocenters. The first-order valence-electron chi connectivity index (χ1n) is 11.1. The monoisotopic (exact) mass is 449 g/mol. The van der Waals surface area contributed by atoms with Crippen molar-refractivity contribution in [3.63, 3.8) is 0 Å². The van der Waals surface area contributed by atoms with E-state index in [0.717, 1.165) is 11.1 Å². The van der Waals surface area contributed by atoms with Crippen molar-refractivity contribution in [3.8, 4) is 0 Å². The maximum Gasteiger partial charge on any atom is 0.223 e. The molecule has 0 saturated carbocycles. The summed E-state index contributed by atoms with van der Waals surface area (Å²) in [5, 5.41) is 14.4. The summed E-state index contributed by atoms with van der Waals surface area (Å²) in [5.74, 6) is -0.247. The Morgan fingerprint density at radius 3 is 2.12 bits per heavy atom. The van der Waals surface area contributed by atoms with Crippen molar-refractivity contribution in [1.82, 2.24) is 25.6 Å². The topological polar surface area (TPSA) is 98.1 Å². The Hall–Kier alpha value is -3.52. The van der Waals surface area contributed by atoms with Crippen LogP contribution in [0.5, 0.6) is 0 Å². The molecule has 2 atom stereocenters. The smallest absolute Gasteiger partial charge is 0.223 e. The van der Waals surface area contributed by atoms with Crippen molar-refractivity contribution in [1.29, 1.82) is 0 Å². The molecule has 2 amide bonds. The standard InChI is InChI=1S/C25H31N5O3/c1-18(2)25(32)27-24(21-12-8-5-9-13-21)17-33-16-22-14-30(29-28-22)15-23(26-19(3)31)20-10-6-4-7-11-20/h4-14,18,23-24H,15-17H2,1-3H3,(H,26,31)(H,27,32). The molecule has 0 aliphatic rings. The summed E-state index contributed by atoms with van der Waals surface area (Å²) in [6, 6.07) is 19.0. The minimum absolute atomic E-state index is 0.0247. The number of rotatable bonds is 11. The van der Waals surface area contributed by atoms with Crippen LogP contribution in [0.15, 0.2) is 66.9 Å². The Bertz CT molecular complexity index is 1020. The second-order valence-electron chi connectivity index (χ2n) is 8.24. The number of ether oxygens (including phenoxy) is 1. The number of carbonyl (C=O) groups is 2. The highest BCUT2D eigenvalue weighted by molar-refractivity contribution is 5.78. The number of hydrogen-bond donors (Lipinski definition) is 2. The highest BCUT2D eigenvalue weighted by Crippen LogP contribution is 2.16. The van der Waals surface area contributed by atoms with Gasteiger partial charge >= 0.3 is 0 Å². The number of hydrogen-bond acceptors (Lipinski definition) is 5. The number of aromatic nitrogens is 3. The molecule has 0 radical (unpaired) electrons. The van der Waals surface area contributed by atoms with E-state index in [0.29, 0.717) is 18.8 Å². The van der Waals surface area contributed by atoms with Crippen LogP contribution in [0.3, 0.4) is 0 Å². The van der Waals surface area contributed by atoms with Gasteiger partial charge in [-0.25, -0.2) is 4.68 Å². The van der Waals surface area contributed by atoms with Crippen LogP contribution in [-0.4, -0.2) is 33.4 Å². The third kappa shape index (κ3) is 7.54. The maximum atomic E-state index is 12.2. The zero-order valence-corrected chi connectivity index (χ0v) is 19.3. The minimum atomic E-state index is -0.252. The molecular formula is C25H31N5O3. The Morgan fingerprint density at radius 2 is 1.55 bits per heavy atom. The van der Waals surface area contributed by atoms with Gasteiger partial charge in [-0.15, -0.1) is 5.10 Å². The summed E-state index contributed by atoms with van der Waals surface area (Å²) in [4.78, 5) is 23.9. The summed E-state index contributed by atoms with van der Waals surface area (Å²) >= 11 is 0. The lowest BCUT2D eigenvalue weighted by atomic mass is 10.1. The van der Waals surface area contributed by atoms with Gasteiger partial charge in [0.1, 0.15) is 5.69 Å². The predicted molar refractivity (Wildman–Crippen MR) is 125 cm³/mol. The van der Waals surface area contributed by atoms with Crippen LogP contribution < -0.4 is 10.6 Å². The number of nitrogens with zero attached hydrogens (tertiary/aromatic N) is 3. The van der Waals surface area contributed by atoms with Gasteiger partial charge in [-0.2, -0.15) is 0 Å². The highest BCUT2D eigenvalue weighted by Gasteiger charge is 2.18. The largest absolute Gasteiger partial charge is 0.373 e. The van der Waals surface area contributed by atoms with Crippen molar-refractivity contribution in [2.24, 2.45) is 5.92 Å². The fraction of sp³-hybridized carbons (Fsp3) is 0.360. The van der Waals surface area contributed by atoms with E-state index in [1.54, 1.807) is 4.68 Å². The van der Waals surface area contributed by atoms with Gasteiger partial charge in [0.25, 0.3) is 0 Å². The molecule has 8 nitrogen and oxygen atoms in total. The van der Waals surface area contributed by atoms with E-state index in [-0.39, 0.29) is 36.4 Å². The second kappa shape index (κ2) is 11.9. The van der Waals surface area contributed by atoms with Crippen LogP contribution in [0.4, 0.5) is 0 Å². The van der Waals surface area contributed by atoms with Crippen molar-refractivity contribution in [2.45, 2.75) is 46.0 Å². The third-order valence-corrected chi connectivity index (χ3v) is 5.11. The Kier molecular flexibility index (Phi) is 8.71. The summed E-state index contributed by atoms with van der Waals surface area (Å²) in [7, 11) is 0. The van der Waals surface area contributed by atoms with E-state index < -0.39 is 0 Å². The lowest BCUT2D eigenvalue weighted by Crippen LogP contribution is -2.34. The second-order valence-corrected chi connectivity index (χ2v) is 8.24. The Labute approximate surface area is 194 Å². The molecule has 0 aliphatic heterocycles. The first kappa shape index (κ1) is 24.1. The van der Waals surface area contributed by atoms with Crippen molar-refractivity contribution in [2.75, 3.05) is 6.61 Å². The van der Waals surface area contributed by atoms with Gasteiger partial charge in [-0.1, -0.05) is 79.7 Å². The van der Waals surface area contributed by atoms with Gasteiger partial charge in [-0.05, 0) is 11.1 Å². The van der Waals surface area contributed by atoms with Crippen LogP contribution >= 0.6 is 0 Å². The summed E-state index contributed by atoms with van der Waals surface area (Å²) in [6.07, 6.45) is 1.81. The summed E-state index contributed by atoms with van der Waals surface area (Å²) in [5.41, 5.74) is 2.65. The van der Waals surface area contributed by atoms with Gasteiger partial charge in [0.15, 0.2) is 0 Å². The molecule has 0 aliphatic carbocycles. The minimum Gasteiger partial charge on any atom is -0.373 e. The van der Waals surface area contributed by atoms with Gasteiger partial charge in [0, 0.05) is 12.8 Å². The zero-order chi connectivity index (χ0) is 23.6. The van der Waals surface area contributed by atoms with E-state index in [2.05, 4.69) is 20.9 Å². The average Bonchev–Trinajstić information content (AvgIpc) is 3.26. The van der Waals surface area contributed by atoms with Crippen LogP contribution in [0, 0.1) is 5.92 Å². The normalized spacial score (nSPS) is 12.8. The lowest BCUT2D eigenvalue weighted by molar-refractivity contribution is -0.125. The summed E-state index contributed by atoms with van der Waals surface area (Å²) in [6.45, 7) is 6.25. The third-order valence-electron chi connectivity index (χ3n) is 5.11. The van der Waals surface area contributed by atoms with E-state index in [1.165, 1.54) is 6.92 Å². The van der Waals surface area contributed by atoms with E-state index >= 15 is 0 Å². The molecule has 3 aromatic rings. The first-order chi connectivity index (χ1) is 15.9. The molecule has 2 N–H and O–H groups in total. The molecule has 2 aromatic carbocycles. The maximum absolute atomic E-state index is 12.2. The fourth-order valence-electron chi connectivity index (χ4n) is 3.37. The number of amides is 2. The van der Waals surface area contributed by atoms with Crippen LogP contribution in [0.25, 0.3) is 0 Å². The molecule has 0 spiro atoms. The van der Waals surface area contributed by atoms with Crippen LogP contribution in [0.1, 0.15) is 49.7 Å². The Balaban J connectivity index is 1.60. The van der Waals surface area contributed by atoms with E-state index in [9.17, 15) is 9.59 Å². The summed E-state index contributed by atoms with van der Waals surface area (Å²) < 4.78 is 7.58. The number of benzene rings is 2. The molecule has 174 valence electrons. The molecule has 0 saturated heterocycles. The van der Waals surface area contributed by atoms with Gasteiger partial charge in [-0.3, -0.25) is 9.59 Å². The van der Waals surface area contributed by atoms with Gasteiger partial charge in [0.05, 0.1) is 38.0 Å². The van der Waals surface area contributed by atoms with Gasteiger partial charge in [0.2, 0.25) is 11.8 Å². The molecule has 1 heterocycles. The van der Waals surface area contributed by atoms with Crippen molar-refractivity contribution >= 4 is 11.8 Å².